The van der Waals surface area contributed by atoms with Crippen molar-refractivity contribution in [2.45, 2.75) is 5.16 Å². The molecule has 4 rings (SSSR count). The van der Waals surface area contributed by atoms with Gasteiger partial charge >= 0.3 is 0 Å². The summed E-state index contributed by atoms with van der Waals surface area (Å²) in [5.41, 5.74) is 0.428. The molecule has 2 aromatic heterocycles. The molecule has 5 nitrogen and oxygen atoms in total. The van der Waals surface area contributed by atoms with Gasteiger partial charge in [-0.2, -0.15) is 0 Å². The van der Waals surface area contributed by atoms with Crippen LogP contribution < -0.4 is 4.74 Å². The second-order valence-electron chi connectivity index (χ2n) is 6.31. The number of halogens is 3. The number of hydrogen-bond acceptors (Lipinski definition) is 6. The summed E-state index contributed by atoms with van der Waals surface area (Å²) in [7, 11) is 3.47. The molecule has 0 N–H and O–H groups in total. The van der Waals surface area contributed by atoms with Crippen molar-refractivity contribution in [2.75, 3.05) is 12.9 Å². The minimum absolute atomic E-state index is 0.113. The monoisotopic (exact) mass is 497 g/mol. The molecule has 0 amide bonds. The first-order valence-corrected chi connectivity index (χ1v) is 11.6. The van der Waals surface area contributed by atoms with E-state index < -0.39 is 0 Å². The van der Waals surface area contributed by atoms with Gasteiger partial charge in [0.15, 0.2) is 16.8 Å². The zero-order valence-corrected chi connectivity index (χ0v) is 19.7. The Balaban J connectivity index is 1.58. The zero-order valence-electron chi connectivity index (χ0n) is 15.8. The summed E-state index contributed by atoms with van der Waals surface area (Å²) in [6.07, 6.45) is 0. The zero-order chi connectivity index (χ0) is 21.4. The Kier molecular flexibility index (Phi) is 6.27. The fourth-order valence-corrected chi connectivity index (χ4v) is 5.75. The highest BCUT2D eigenvalue weighted by Crippen LogP contribution is 2.43. The molecule has 0 bridgehead atoms. The Labute approximate surface area is 195 Å². The van der Waals surface area contributed by atoms with Gasteiger partial charge in [0.25, 0.3) is 0 Å². The average molecular weight is 499 g/mol. The van der Waals surface area contributed by atoms with Crippen LogP contribution >= 0.6 is 57.9 Å². The van der Waals surface area contributed by atoms with Crippen LogP contribution in [-0.2, 0) is 7.05 Å². The van der Waals surface area contributed by atoms with Crippen LogP contribution in [0.3, 0.4) is 0 Å². The first-order valence-electron chi connectivity index (χ1n) is 8.66. The summed E-state index contributed by atoms with van der Waals surface area (Å²) < 4.78 is 8.12. The van der Waals surface area contributed by atoms with Crippen molar-refractivity contribution in [1.82, 2.24) is 14.8 Å². The maximum Gasteiger partial charge on any atom is 0.191 e. The number of ketones is 1. The van der Waals surface area contributed by atoms with Crippen LogP contribution in [0.25, 0.3) is 20.8 Å². The van der Waals surface area contributed by atoms with E-state index in [0.717, 1.165) is 20.7 Å². The SMILES string of the molecule is COc1ccc2c(Cl)c(-c3nnc(SCC(=O)c4ccc(Cl)cc4Cl)n3C)sc2c1. The van der Waals surface area contributed by atoms with Gasteiger partial charge in [0, 0.05) is 27.7 Å². The first kappa shape index (κ1) is 21.5. The molecule has 154 valence electrons. The largest absolute Gasteiger partial charge is 0.497 e. The molecule has 0 aliphatic rings. The van der Waals surface area contributed by atoms with E-state index >= 15 is 0 Å². The molecule has 4 aromatic rings. The number of Topliss-reactive ketones (excluding diaryl/α,β-unsaturated/α-hetero) is 1. The number of hydrogen-bond donors (Lipinski definition) is 0. The number of thiophene rings is 1. The highest BCUT2D eigenvalue weighted by atomic mass is 35.5. The summed E-state index contributed by atoms with van der Waals surface area (Å²) in [5.74, 6) is 1.46. The van der Waals surface area contributed by atoms with Gasteiger partial charge in [0.05, 0.1) is 27.8 Å². The lowest BCUT2D eigenvalue weighted by molar-refractivity contribution is 0.102. The predicted molar refractivity (Wildman–Crippen MR) is 125 cm³/mol. The van der Waals surface area contributed by atoms with E-state index in [1.807, 2.05) is 29.8 Å². The standard InChI is InChI=1S/C20H14Cl3N3O2S2/c1-26-19(18-17(23)13-6-4-11(28-2)8-16(13)30-18)24-25-20(26)29-9-15(27)12-5-3-10(21)7-14(12)22/h3-8H,9H2,1-2H3. The second kappa shape index (κ2) is 8.77. The summed E-state index contributed by atoms with van der Waals surface area (Å²) in [6, 6.07) is 10.6. The van der Waals surface area contributed by atoms with Crippen LogP contribution in [-0.4, -0.2) is 33.4 Å². The molecule has 0 saturated carbocycles. The van der Waals surface area contributed by atoms with Crippen LogP contribution in [0.4, 0.5) is 0 Å². The Hall–Kier alpha value is -1.77. The number of benzene rings is 2. The number of carbonyl (C=O) groups is 1. The second-order valence-corrected chi connectivity index (χ2v) is 9.52. The van der Waals surface area contributed by atoms with Gasteiger partial charge in [-0.1, -0.05) is 46.6 Å². The molecule has 2 heterocycles. The average Bonchev–Trinajstić information content (AvgIpc) is 3.25. The van der Waals surface area contributed by atoms with Gasteiger partial charge < -0.3 is 9.30 Å². The molecule has 0 atom stereocenters. The maximum absolute atomic E-state index is 12.5. The fourth-order valence-electron chi connectivity index (χ4n) is 2.88. The lowest BCUT2D eigenvalue weighted by Gasteiger charge is -2.05. The van der Waals surface area contributed by atoms with Crippen molar-refractivity contribution in [3.63, 3.8) is 0 Å². The number of rotatable bonds is 6. The van der Waals surface area contributed by atoms with Gasteiger partial charge in [-0.05, 0) is 36.4 Å². The highest BCUT2D eigenvalue weighted by Gasteiger charge is 2.20. The molecular formula is C20H14Cl3N3O2S2. The molecule has 0 radical (unpaired) electrons. The van der Waals surface area contributed by atoms with Crippen molar-refractivity contribution in [3.8, 4) is 16.5 Å². The molecular weight excluding hydrogens is 485 g/mol. The van der Waals surface area contributed by atoms with Gasteiger partial charge in [0.1, 0.15) is 5.75 Å². The molecule has 0 unspecified atom stereocenters. The maximum atomic E-state index is 12.5. The predicted octanol–water partition coefficient (Wildman–Crippen LogP) is 6.64. The third kappa shape index (κ3) is 4.05. The lowest BCUT2D eigenvalue weighted by Crippen LogP contribution is -2.04. The summed E-state index contributed by atoms with van der Waals surface area (Å²) in [5, 5.41) is 11.5. The molecule has 0 saturated heterocycles. The Morgan fingerprint density at radius 2 is 1.97 bits per heavy atom. The number of aromatic nitrogens is 3. The number of methoxy groups -OCH3 is 1. The van der Waals surface area contributed by atoms with E-state index in [-0.39, 0.29) is 11.5 Å². The normalized spacial score (nSPS) is 11.2. The fraction of sp³-hybridized carbons (Fsp3) is 0.150. The number of ether oxygens (including phenoxy) is 1. The minimum atomic E-state index is -0.113. The van der Waals surface area contributed by atoms with E-state index in [1.54, 1.807) is 25.3 Å². The van der Waals surface area contributed by atoms with Crippen molar-refractivity contribution in [3.05, 3.63) is 57.0 Å². The summed E-state index contributed by atoms with van der Waals surface area (Å²) in [6.45, 7) is 0. The van der Waals surface area contributed by atoms with E-state index in [0.29, 0.717) is 31.6 Å². The van der Waals surface area contributed by atoms with Crippen LogP contribution in [0.5, 0.6) is 5.75 Å². The number of thioether (sulfide) groups is 1. The molecule has 30 heavy (non-hydrogen) atoms. The topological polar surface area (TPSA) is 57.0 Å². The number of nitrogens with zero attached hydrogens (tertiary/aromatic N) is 3. The molecule has 0 spiro atoms. The lowest BCUT2D eigenvalue weighted by atomic mass is 10.1. The third-order valence-corrected chi connectivity index (χ3v) is 7.66. The van der Waals surface area contributed by atoms with Gasteiger partial charge in [-0.3, -0.25) is 4.79 Å². The van der Waals surface area contributed by atoms with Gasteiger partial charge in [-0.15, -0.1) is 21.5 Å². The van der Waals surface area contributed by atoms with Crippen molar-refractivity contribution in [1.29, 1.82) is 0 Å². The van der Waals surface area contributed by atoms with Crippen molar-refractivity contribution in [2.24, 2.45) is 7.05 Å². The molecule has 10 heteroatoms. The Morgan fingerprint density at radius 1 is 1.17 bits per heavy atom. The summed E-state index contributed by atoms with van der Waals surface area (Å²) >= 11 is 21.4. The van der Waals surface area contributed by atoms with Crippen molar-refractivity contribution < 1.29 is 9.53 Å². The van der Waals surface area contributed by atoms with Crippen LogP contribution in [0.2, 0.25) is 15.1 Å². The molecule has 2 aromatic carbocycles. The van der Waals surface area contributed by atoms with Crippen molar-refractivity contribution >= 4 is 73.8 Å². The van der Waals surface area contributed by atoms with E-state index in [4.69, 9.17) is 39.5 Å². The minimum Gasteiger partial charge on any atom is -0.497 e. The van der Waals surface area contributed by atoms with E-state index in [2.05, 4.69) is 10.2 Å². The molecule has 0 aliphatic carbocycles. The van der Waals surface area contributed by atoms with E-state index in [1.165, 1.54) is 23.1 Å². The summed E-state index contributed by atoms with van der Waals surface area (Å²) in [4.78, 5) is 13.3. The Bertz CT molecular complexity index is 1270. The van der Waals surface area contributed by atoms with E-state index in [9.17, 15) is 4.79 Å². The smallest absolute Gasteiger partial charge is 0.191 e. The van der Waals surface area contributed by atoms with Gasteiger partial charge in [0.2, 0.25) is 0 Å². The number of carbonyl (C=O) groups excluding carboxylic acids is 1. The van der Waals surface area contributed by atoms with Crippen LogP contribution in [0.15, 0.2) is 41.6 Å². The highest BCUT2D eigenvalue weighted by molar-refractivity contribution is 7.99. The third-order valence-electron chi connectivity index (χ3n) is 4.44. The first-order chi connectivity index (χ1) is 14.4. The quantitative estimate of drug-likeness (QED) is 0.220. The van der Waals surface area contributed by atoms with Crippen LogP contribution in [0.1, 0.15) is 10.4 Å². The van der Waals surface area contributed by atoms with Gasteiger partial charge in [-0.25, -0.2) is 0 Å². The Morgan fingerprint density at radius 3 is 2.70 bits per heavy atom. The number of fused-ring (bicyclic) bond motifs is 1. The van der Waals surface area contributed by atoms with Crippen LogP contribution in [0, 0.1) is 0 Å². The molecule has 0 aliphatic heterocycles. The molecule has 0 fully saturated rings.